The molecule has 20 heavy (non-hydrogen) atoms. The molecule has 2 N–H and O–H groups in total. The fraction of sp³-hybridized carbons (Fsp3) is 0.692. The highest BCUT2D eigenvalue weighted by molar-refractivity contribution is 5.57. The van der Waals surface area contributed by atoms with Crippen LogP contribution in [0.4, 0.5) is 17.5 Å². The Balaban J connectivity index is 2.08. The lowest BCUT2D eigenvalue weighted by Gasteiger charge is -2.09. The van der Waals surface area contributed by atoms with Crippen LogP contribution in [0.2, 0.25) is 0 Å². The number of anilines is 2. The number of hydrogen-bond donors (Lipinski definition) is 2. The second kappa shape index (κ2) is 5.60. The Labute approximate surface area is 118 Å². The summed E-state index contributed by atoms with van der Waals surface area (Å²) in [4.78, 5) is 18.7. The minimum atomic E-state index is -0.454. The number of nitro groups is 1. The van der Waals surface area contributed by atoms with Gasteiger partial charge in [0.15, 0.2) is 0 Å². The first-order valence-corrected chi connectivity index (χ1v) is 6.93. The zero-order chi connectivity index (χ0) is 14.8. The van der Waals surface area contributed by atoms with Gasteiger partial charge in [-0.25, -0.2) is 4.98 Å². The summed E-state index contributed by atoms with van der Waals surface area (Å²) in [7, 11) is 0. The molecule has 1 aromatic rings. The maximum absolute atomic E-state index is 11.0. The predicted molar refractivity (Wildman–Crippen MR) is 77.8 cm³/mol. The fourth-order valence-corrected chi connectivity index (χ4v) is 2.11. The Morgan fingerprint density at radius 2 is 2.20 bits per heavy atom. The third-order valence-corrected chi connectivity index (χ3v) is 3.73. The lowest BCUT2D eigenvalue weighted by atomic mass is 10.1. The minimum Gasteiger partial charge on any atom is -0.364 e. The maximum Gasteiger partial charge on any atom is 0.329 e. The fourth-order valence-electron chi connectivity index (χ4n) is 2.11. The molecule has 1 saturated carbocycles. The van der Waals surface area contributed by atoms with Crippen LogP contribution in [0.15, 0.2) is 6.20 Å². The third kappa shape index (κ3) is 3.34. The molecule has 1 aliphatic rings. The van der Waals surface area contributed by atoms with Crippen LogP contribution in [-0.2, 0) is 0 Å². The van der Waals surface area contributed by atoms with E-state index in [1.165, 1.54) is 6.20 Å². The summed E-state index contributed by atoms with van der Waals surface area (Å²) in [6.45, 7) is 7.88. The van der Waals surface area contributed by atoms with Crippen molar-refractivity contribution in [1.29, 1.82) is 0 Å². The van der Waals surface area contributed by atoms with Gasteiger partial charge in [0.05, 0.1) is 4.92 Å². The Kier molecular flexibility index (Phi) is 4.06. The van der Waals surface area contributed by atoms with Crippen LogP contribution in [0.25, 0.3) is 0 Å². The van der Waals surface area contributed by atoms with Crippen molar-refractivity contribution in [3.8, 4) is 0 Å². The number of aromatic nitrogens is 2. The first-order chi connectivity index (χ1) is 9.44. The van der Waals surface area contributed by atoms with Crippen molar-refractivity contribution in [1.82, 2.24) is 9.97 Å². The number of rotatable bonds is 7. The number of hydrogen-bond acceptors (Lipinski definition) is 6. The van der Waals surface area contributed by atoms with Gasteiger partial charge in [0.2, 0.25) is 11.8 Å². The molecule has 0 aromatic carbocycles. The van der Waals surface area contributed by atoms with E-state index >= 15 is 0 Å². The zero-order valence-electron chi connectivity index (χ0n) is 12.1. The SMILES string of the molecule is CCCNc1ncc([N+](=O)[O-])c(NCC2CC2(C)C)n1. The summed E-state index contributed by atoms with van der Waals surface area (Å²) in [5.41, 5.74) is 0.253. The third-order valence-electron chi connectivity index (χ3n) is 3.73. The first kappa shape index (κ1) is 14.5. The van der Waals surface area contributed by atoms with Crippen molar-refractivity contribution >= 4 is 17.5 Å². The maximum atomic E-state index is 11.0. The predicted octanol–water partition coefficient (Wildman–Crippen LogP) is 2.66. The standard InChI is InChI=1S/C13H21N5O2/c1-4-5-14-12-16-8-10(18(19)20)11(17-12)15-7-9-6-13(9,2)3/h8-9H,4-7H2,1-3H3,(H2,14,15,16,17). The van der Waals surface area contributed by atoms with Crippen LogP contribution in [0.5, 0.6) is 0 Å². The van der Waals surface area contributed by atoms with Gasteiger partial charge < -0.3 is 10.6 Å². The summed E-state index contributed by atoms with van der Waals surface area (Å²) in [5, 5.41) is 17.1. The average Bonchev–Trinajstić information content (AvgIpc) is 3.01. The first-order valence-electron chi connectivity index (χ1n) is 6.93. The Hall–Kier alpha value is -1.92. The monoisotopic (exact) mass is 279 g/mol. The molecular weight excluding hydrogens is 258 g/mol. The molecule has 2 rings (SSSR count). The molecule has 0 saturated heterocycles. The van der Waals surface area contributed by atoms with Crippen LogP contribution in [0, 0.1) is 21.4 Å². The van der Waals surface area contributed by atoms with Gasteiger partial charge in [0.25, 0.3) is 0 Å². The zero-order valence-corrected chi connectivity index (χ0v) is 12.1. The highest BCUT2D eigenvalue weighted by Gasteiger charge is 2.45. The summed E-state index contributed by atoms with van der Waals surface area (Å²) < 4.78 is 0. The van der Waals surface area contributed by atoms with Crippen molar-refractivity contribution in [3.05, 3.63) is 16.3 Å². The van der Waals surface area contributed by atoms with E-state index in [1.54, 1.807) is 0 Å². The van der Waals surface area contributed by atoms with E-state index < -0.39 is 4.92 Å². The Morgan fingerprint density at radius 1 is 1.50 bits per heavy atom. The van der Waals surface area contributed by atoms with E-state index in [4.69, 9.17) is 0 Å². The molecule has 0 spiro atoms. The summed E-state index contributed by atoms with van der Waals surface area (Å²) in [6, 6.07) is 0. The van der Waals surface area contributed by atoms with Gasteiger partial charge in [-0.05, 0) is 24.2 Å². The van der Waals surface area contributed by atoms with Gasteiger partial charge in [0.1, 0.15) is 6.20 Å². The van der Waals surface area contributed by atoms with E-state index in [1.807, 2.05) is 6.92 Å². The largest absolute Gasteiger partial charge is 0.364 e. The van der Waals surface area contributed by atoms with E-state index in [0.29, 0.717) is 29.6 Å². The van der Waals surface area contributed by atoms with Crippen molar-refractivity contribution in [2.24, 2.45) is 11.3 Å². The molecular formula is C13H21N5O2. The van der Waals surface area contributed by atoms with Crippen molar-refractivity contribution < 1.29 is 4.92 Å². The van der Waals surface area contributed by atoms with Crippen LogP contribution in [0.3, 0.4) is 0 Å². The smallest absolute Gasteiger partial charge is 0.329 e. The molecule has 0 radical (unpaired) electrons. The van der Waals surface area contributed by atoms with Gasteiger partial charge in [0, 0.05) is 13.1 Å². The van der Waals surface area contributed by atoms with Gasteiger partial charge >= 0.3 is 5.69 Å². The van der Waals surface area contributed by atoms with Crippen molar-refractivity contribution in [2.45, 2.75) is 33.6 Å². The lowest BCUT2D eigenvalue weighted by molar-refractivity contribution is -0.384. The van der Waals surface area contributed by atoms with E-state index in [0.717, 1.165) is 19.4 Å². The van der Waals surface area contributed by atoms with Gasteiger partial charge in [-0.1, -0.05) is 20.8 Å². The Morgan fingerprint density at radius 3 is 2.75 bits per heavy atom. The van der Waals surface area contributed by atoms with Crippen LogP contribution in [-0.4, -0.2) is 28.0 Å². The quantitative estimate of drug-likeness (QED) is 0.588. The lowest BCUT2D eigenvalue weighted by Crippen LogP contribution is -2.12. The molecule has 1 fully saturated rings. The van der Waals surface area contributed by atoms with Gasteiger partial charge in [-0.2, -0.15) is 4.98 Å². The van der Waals surface area contributed by atoms with Crippen LogP contribution < -0.4 is 10.6 Å². The van der Waals surface area contributed by atoms with E-state index in [-0.39, 0.29) is 5.69 Å². The number of nitrogens with one attached hydrogen (secondary N) is 2. The molecule has 7 heteroatoms. The highest BCUT2D eigenvalue weighted by atomic mass is 16.6. The normalized spacial score (nSPS) is 19.4. The van der Waals surface area contributed by atoms with Crippen LogP contribution in [0.1, 0.15) is 33.6 Å². The topological polar surface area (TPSA) is 93.0 Å². The summed E-state index contributed by atoms with van der Waals surface area (Å²) in [5.74, 6) is 1.27. The molecule has 1 atom stereocenters. The van der Waals surface area contributed by atoms with E-state index in [2.05, 4.69) is 34.4 Å². The van der Waals surface area contributed by atoms with Gasteiger partial charge in [-0.15, -0.1) is 0 Å². The average molecular weight is 279 g/mol. The Bertz CT molecular complexity index is 504. The molecule has 110 valence electrons. The second-order valence-electron chi connectivity index (χ2n) is 5.88. The molecule has 0 bridgehead atoms. The highest BCUT2D eigenvalue weighted by Crippen LogP contribution is 2.51. The van der Waals surface area contributed by atoms with Gasteiger partial charge in [-0.3, -0.25) is 10.1 Å². The van der Waals surface area contributed by atoms with E-state index in [9.17, 15) is 10.1 Å². The molecule has 1 aromatic heterocycles. The molecule has 0 aliphatic heterocycles. The number of nitrogens with zero attached hydrogens (tertiary/aromatic N) is 3. The van der Waals surface area contributed by atoms with Crippen molar-refractivity contribution in [2.75, 3.05) is 23.7 Å². The molecule has 0 amide bonds. The molecule has 1 heterocycles. The summed E-state index contributed by atoms with van der Waals surface area (Å²) in [6.07, 6.45) is 3.34. The van der Waals surface area contributed by atoms with Crippen LogP contribution >= 0.6 is 0 Å². The molecule has 7 nitrogen and oxygen atoms in total. The van der Waals surface area contributed by atoms with Crippen molar-refractivity contribution in [3.63, 3.8) is 0 Å². The summed E-state index contributed by atoms with van der Waals surface area (Å²) >= 11 is 0. The molecule has 1 unspecified atom stereocenters. The minimum absolute atomic E-state index is 0.0782. The second-order valence-corrected chi connectivity index (χ2v) is 5.88. The molecule has 1 aliphatic carbocycles.